The van der Waals surface area contributed by atoms with E-state index in [0.29, 0.717) is 6.07 Å². The number of benzene rings is 1. The highest BCUT2D eigenvalue weighted by Gasteiger charge is 2.51. The van der Waals surface area contributed by atoms with Crippen molar-refractivity contribution in [2.45, 2.75) is 30.9 Å². The van der Waals surface area contributed by atoms with Gasteiger partial charge < -0.3 is 9.53 Å². The van der Waals surface area contributed by atoms with Gasteiger partial charge in [-0.2, -0.15) is 13.2 Å². The number of hydrogen-bond donors (Lipinski definition) is 0. The van der Waals surface area contributed by atoms with E-state index in [4.69, 9.17) is 10.00 Å². The SMILES string of the molecule is N#CB1C(=O)CCC2Oc3cc(C(F)(F)F)cc(F)c3C12. The van der Waals surface area contributed by atoms with Gasteiger partial charge in [-0.1, -0.05) is 0 Å². The van der Waals surface area contributed by atoms with Crippen LogP contribution < -0.4 is 4.74 Å². The average Bonchev–Trinajstić information content (AvgIpc) is 2.76. The maximum absolute atomic E-state index is 14.1. The number of nitriles is 1. The first kappa shape index (κ1) is 13.9. The molecular weight excluding hydrogens is 289 g/mol. The molecule has 1 aromatic rings. The Labute approximate surface area is 117 Å². The summed E-state index contributed by atoms with van der Waals surface area (Å²) in [6, 6.07) is 1.12. The van der Waals surface area contributed by atoms with Gasteiger partial charge in [-0.25, -0.2) is 9.65 Å². The summed E-state index contributed by atoms with van der Waals surface area (Å²) in [5.74, 6) is -0.303. The summed E-state index contributed by atoms with van der Waals surface area (Å²) in [5.41, 5.74) is -1.56. The molecule has 3 nitrogen and oxygen atoms in total. The highest BCUT2D eigenvalue weighted by atomic mass is 19.4. The van der Waals surface area contributed by atoms with Gasteiger partial charge in [0.2, 0.25) is 0 Å². The lowest BCUT2D eigenvalue weighted by molar-refractivity contribution is -0.137. The summed E-state index contributed by atoms with van der Waals surface area (Å²) >= 11 is 0. The van der Waals surface area contributed by atoms with Crippen LogP contribution in [0.5, 0.6) is 5.75 Å². The van der Waals surface area contributed by atoms with Crippen molar-refractivity contribution in [3.63, 3.8) is 0 Å². The lowest BCUT2D eigenvalue weighted by atomic mass is 9.34. The topological polar surface area (TPSA) is 50.1 Å². The van der Waals surface area contributed by atoms with Gasteiger partial charge in [0.25, 0.3) is 0 Å². The molecule has 2 aliphatic rings. The fourth-order valence-corrected chi connectivity index (χ4v) is 3.01. The molecular formula is C13H8BF4NO2. The Balaban J connectivity index is 2.11. The quantitative estimate of drug-likeness (QED) is 0.546. The van der Waals surface area contributed by atoms with Gasteiger partial charge in [0.05, 0.1) is 5.56 Å². The molecule has 21 heavy (non-hydrogen) atoms. The van der Waals surface area contributed by atoms with Crippen molar-refractivity contribution in [1.82, 2.24) is 0 Å². The number of alkyl halides is 3. The summed E-state index contributed by atoms with van der Waals surface area (Å²) in [6.07, 6.45) is -4.92. The number of hydrogen-bond acceptors (Lipinski definition) is 3. The molecule has 0 spiro atoms. The monoisotopic (exact) mass is 297 g/mol. The molecule has 0 saturated carbocycles. The van der Waals surface area contributed by atoms with Crippen LogP contribution in [-0.2, 0) is 11.0 Å². The van der Waals surface area contributed by atoms with Gasteiger partial charge >= 0.3 is 12.9 Å². The zero-order chi connectivity index (χ0) is 15.4. The third-order valence-electron chi connectivity index (χ3n) is 3.95. The fourth-order valence-electron chi connectivity index (χ4n) is 3.01. The van der Waals surface area contributed by atoms with Gasteiger partial charge in [0, 0.05) is 23.8 Å². The van der Waals surface area contributed by atoms with Crippen LogP contribution >= 0.6 is 0 Å². The number of fused-ring (bicyclic) bond motifs is 3. The Morgan fingerprint density at radius 2 is 2.10 bits per heavy atom. The Bertz CT molecular complexity index is 667. The highest BCUT2D eigenvalue weighted by Crippen LogP contribution is 2.47. The van der Waals surface area contributed by atoms with Crippen LogP contribution in [0.25, 0.3) is 0 Å². The van der Waals surface area contributed by atoms with E-state index in [2.05, 4.69) is 0 Å². The van der Waals surface area contributed by atoms with Gasteiger partial charge in [0.1, 0.15) is 23.4 Å². The maximum Gasteiger partial charge on any atom is 0.416 e. The molecule has 8 heteroatoms. The number of ether oxygens (including phenoxy) is 1. The minimum Gasteiger partial charge on any atom is -0.490 e. The van der Waals surface area contributed by atoms with E-state index in [0.717, 1.165) is 6.07 Å². The molecule has 0 amide bonds. The van der Waals surface area contributed by atoms with Crippen molar-refractivity contribution in [1.29, 1.82) is 5.26 Å². The summed E-state index contributed by atoms with van der Waals surface area (Å²) in [4.78, 5) is 11.7. The molecule has 1 aromatic carbocycles. The number of nitrogens with zero attached hydrogens (tertiary/aromatic N) is 1. The molecule has 1 fully saturated rings. The molecule has 0 bridgehead atoms. The predicted octanol–water partition coefficient (Wildman–Crippen LogP) is 2.69. The van der Waals surface area contributed by atoms with E-state index >= 15 is 0 Å². The van der Waals surface area contributed by atoms with Gasteiger partial charge in [-0.3, -0.25) is 0 Å². The van der Waals surface area contributed by atoms with E-state index in [1.165, 1.54) is 0 Å². The molecule has 108 valence electrons. The number of halogens is 4. The van der Waals surface area contributed by atoms with Crippen LogP contribution in [-0.4, -0.2) is 18.5 Å². The summed E-state index contributed by atoms with van der Waals surface area (Å²) in [5, 5.41) is 9.08. The van der Waals surface area contributed by atoms with Crippen molar-refractivity contribution >= 4 is 12.4 Å². The number of rotatable bonds is 0. The zero-order valence-corrected chi connectivity index (χ0v) is 10.6. The van der Waals surface area contributed by atoms with Crippen LogP contribution in [0.3, 0.4) is 0 Å². The van der Waals surface area contributed by atoms with Crippen molar-refractivity contribution in [2.75, 3.05) is 0 Å². The van der Waals surface area contributed by atoms with Crippen molar-refractivity contribution in [2.24, 2.45) is 0 Å². The molecule has 2 heterocycles. The fraction of sp³-hybridized carbons (Fsp3) is 0.385. The summed E-state index contributed by atoms with van der Waals surface area (Å²) < 4.78 is 57.5. The second-order valence-corrected chi connectivity index (χ2v) is 5.16. The standard InChI is InChI=1S/C13H8BF4NO2/c15-7-3-6(13(16,17)18)4-9-11(7)12-8(21-9)1-2-10(20)14(12)5-19/h3-4,8,12H,1-2H2. The Morgan fingerprint density at radius 1 is 1.38 bits per heavy atom. The smallest absolute Gasteiger partial charge is 0.416 e. The Hall–Kier alpha value is -2.04. The van der Waals surface area contributed by atoms with Gasteiger partial charge in [-0.05, 0) is 18.6 Å². The van der Waals surface area contributed by atoms with Crippen LogP contribution in [0.15, 0.2) is 12.1 Å². The second kappa shape index (κ2) is 4.48. The minimum atomic E-state index is -4.68. The molecule has 2 aliphatic heterocycles. The molecule has 1 saturated heterocycles. The van der Waals surface area contributed by atoms with Crippen LogP contribution in [0, 0.1) is 17.0 Å². The molecule has 0 N–H and O–H groups in total. The number of carbonyl (C=O) groups is 1. The summed E-state index contributed by atoms with van der Waals surface area (Å²) in [6.45, 7) is -1.07. The molecule has 2 atom stereocenters. The first-order chi connectivity index (χ1) is 9.82. The average molecular weight is 297 g/mol. The molecule has 0 aromatic heterocycles. The van der Waals surface area contributed by atoms with E-state index in [-0.39, 0.29) is 29.8 Å². The maximum atomic E-state index is 14.1. The first-order valence-corrected chi connectivity index (χ1v) is 6.32. The predicted molar refractivity (Wildman–Crippen MR) is 64.2 cm³/mol. The molecule has 0 aliphatic carbocycles. The molecule has 2 unspecified atom stereocenters. The molecule has 3 rings (SSSR count). The Morgan fingerprint density at radius 3 is 2.71 bits per heavy atom. The third kappa shape index (κ3) is 2.08. The van der Waals surface area contributed by atoms with Crippen LogP contribution in [0.4, 0.5) is 17.6 Å². The zero-order valence-electron chi connectivity index (χ0n) is 10.6. The second-order valence-electron chi connectivity index (χ2n) is 5.16. The first-order valence-electron chi connectivity index (χ1n) is 6.32. The third-order valence-corrected chi connectivity index (χ3v) is 3.95. The van der Waals surface area contributed by atoms with E-state index in [1.807, 2.05) is 5.97 Å². The summed E-state index contributed by atoms with van der Waals surface area (Å²) in [7, 11) is 0. The van der Waals surface area contributed by atoms with E-state index < -0.39 is 36.2 Å². The molecule has 0 radical (unpaired) electrons. The number of carbonyl (C=O) groups excluding carboxylic acids is 1. The minimum absolute atomic E-state index is 0.0902. The Kier molecular flexibility index (Phi) is 2.97. The lowest BCUT2D eigenvalue weighted by Crippen LogP contribution is -2.43. The van der Waals surface area contributed by atoms with Crippen LogP contribution in [0.2, 0.25) is 0 Å². The van der Waals surface area contributed by atoms with Crippen molar-refractivity contribution in [3.05, 3.63) is 29.1 Å². The van der Waals surface area contributed by atoms with Crippen molar-refractivity contribution in [3.8, 4) is 11.7 Å². The van der Waals surface area contributed by atoms with Gasteiger partial charge in [-0.15, -0.1) is 0 Å². The lowest BCUT2D eigenvalue weighted by Gasteiger charge is -2.25. The largest absolute Gasteiger partial charge is 0.490 e. The normalized spacial score (nSPS) is 24.1. The van der Waals surface area contributed by atoms with E-state index in [1.54, 1.807) is 0 Å². The van der Waals surface area contributed by atoms with Crippen molar-refractivity contribution < 1.29 is 27.1 Å². The van der Waals surface area contributed by atoms with Crippen LogP contribution in [0.1, 0.15) is 29.8 Å². The van der Waals surface area contributed by atoms with Gasteiger partial charge in [0.15, 0.2) is 0 Å². The van der Waals surface area contributed by atoms with E-state index in [9.17, 15) is 22.4 Å². The highest BCUT2D eigenvalue weighted by molar-refractivity contribution is 6.96.